The van der Waals surface area contributed by atoms with Gasteiger partial charge in [0.05, 0.1) is 4.88 Å². The Morgan fingerprint density at radius 2 is 1.83 bits per heavy atom. The number of likely N-dealkylation sites (N-methyl/N-ethyl adjacent to an activating group) is 1. The van der Waals surface area contributed by atoms with Gasteiger partial charge in [0, 0.05) is 55.6 Å². The number of unbranched alkanes of at least 4 members (excludes halogenated alkanes) is 1. The van der Waals surface area contributed by atoms with Gasteiger partial charge in [0.2, 0.25) is 0 Å². The van der Waals surface area contributed by atoms with Crippen LogP contribution in [0.1, 0.15) is 28.9 Å². The lowest BCUT2D eigenvalue weighted by atomic mass is 10.1. The number of ketones is 1. The van der Waals surface area contributed by atoms with E-state index in [0.717, 1.165) is 71.9 Å². The molecule has 0 spiro atoms. The summed E-state index contributed by atoms with van der Waals surface area (Å²) in [6, 6.07) is 9.70. The molecule has 0 saturated carbocycles. The van der Waals surface area contributed by atoms with Crippen LogP contribution in [0.15, 0.2) is 30.3 Å². The third kappa shape index (κ3) is 4.72. The zero-order valence-electron chi connectivity index (χ0n) is 17.0. The zero-order valence-corrected chi connectivity index (χ0v) is 18.6. The van der Waals surface area contributed by atoms with E-state index in [1.165, 1.54) is 0 Å². The van der Waals surface area contributed by atoms with Gasteiger partial charge in [0.15, 0.2) is 5.78 Å². The molecule has 4 rings (SSSR count). The summed E-state index contributed by atoms with van der Waals surface area (Å²) in [6.07, 6.45) is 2.64. The second-order valence-electron chi connectivity index (χ2n) is 7.83. The van der Waals surface area contributed by atoms with Crippen LogP contribution >= 0.6 is 22.9 Å². The Bertz CT molecular complexity index is 986. The number of piperazine rings is 1. The van der Waals surface area contributed by atoms with Crippen LogP contribution in [-0.4, -0.2) is 65.1 Å². The van der Waals surface area contributed by atoms with Gasteiger partial charge in [-0.1, -0.05) is 23.7 Å². The fraction of sp³-hybridized carbons (Fsp3) is 0.455. The van der Waals surface area contributed by atoms with Gasteiger partial charge in [0.1, 0.15) is 10.5 Å². The Kier molecular flexibility index (Phi) is 6.35. The van der Waals surface area contributed by atoms with Gasteiger partial charge < -0.3 is 9.80 Å². The summed E-state index contributed by atoms with van der Waals surface area (Å²) in [5, 5.41) is 6.40. The topological polar surface area (TPSA) is 41.4 Å². The van der Waals surface area contributed by atoms with Gasteiger partial charge in [-0.25, -0.2) is 0 Å². The molecule has 0 aliphatic carbocycles. The van der Waals surface area contributed by atoms with E-state index < -0.39 is 0 Å². The normalized spacial score (nSPS) is 16.0. The van der Waals surface area contributed by atoms with Crippen molar-refractivity contribution >= 4 is 38.9 Å². The van der Waals surface area contributed by atoms with Crippen LogP contribution in [0.25, 0.3) is 21.5 Å². The summed E-state index contributed by atoms with van der Waals surface area (Å²) >= 11 is 7.56. The van der Waals surface area contributed by atoms with E-state index in [9.17, 15) is 4.79 Å². The molecule has 2 aromatic heterocycles. The maximum Gasteiger partial charge on any atom is 0.172 e. The first-order chi connectivity index (χ1) is 14.0. The maximum atomic E-state index is 12.8. The lowest BCUT2D eigenvalue weighted by Crippen LogP contribution is -2.44. The zero-order chi connectivity index (χ0) is 20.4. The highest BCUT2D eigenvalue weighted by Crippen LogP contribution is 2.34. The molecule has 29 heavy (non-hydrogen) atoms. The van der Waals surface area contributed by atoms with Crippen molar-refractivity contribution in [2.45, 2.75) is 19.3 Å². The number of nitrogens with zero attached hydrogens (tertiary/aromatic N) is 4. The first kappa shape index (κ1) is 20.5. The molecular weight excluding hydrogens is 404 g/mol. The van der Waals surface area contributed by atoms with E-state index in [4.69, 9.17) is 11.6 Å². The van der Waals surface area contributed by atoms with Gasteiger partial charge in [-0.05, 0) is 44.6 Å². The third-order valence-electron chi connectivity index (χ3n) is 5.63. The summed E-state index contributed by atoms with van der Waals surface area (Å²) in [5.74, 6) is 0.242. The third-order valence-corrected chi connectivity index (χ3v) is 7.12. The number of rotatable bonds is 7. The highest BCUT2D eigenvalue weighted by Gasteiger charge is 2.18. The number of carbonyl (C=O) groups excluding carboxylic acids is 1. The fourth-order valence-electron chi connectivity index (χ4n) is 3.81. The standard InChI is InChI=1S/C22H27ClN4OS/c1-25-11-13-27(14-12-25)10-4-3-5-19(28)20-15-18-21(24-26(2)22(18)29-20)16-6-8-17(23)9-7-16/h6-9,15H,3-5,10-14H2,1-2H3. The van der Waals surface area contributed by atoms with E-state index in [-0.39, 0.29) is 5.78 Å². The van der Waals surface area contributed by atoms with Crippen molar-refractivity contribution in [2.24, 2.45) is 7.05 Å². The maximum absolute atomic E-state index is 12.8. The number of benzene rings is 1. The molecule has 1 aliphatic rings. The molecule has 3 heterocycles. The molecule has 0 amide bonds. The molecule has 7 heteroatoms. The van der Waals surface area contributed by atoms with Crippen LogP contribution in [0.2, 0.25) is 5.02 Å². The summed E-state index contributed by atoms with van der Waals surface area (Å²) in [5.41, 5.74) is 1.92. The van der Waals surface area contributed by atoms with Gasteiger partial charge in [0.25, 0.3) is 0 Å². The van der Waals surface area contributed by atoms with Crippen molar-refractivity contribution in [3.8, 4) is 11.3 Å². The van der Waals surface area contributed by atoms with Crippen LogP contribution in [0.4, 0.5) is 0 Å². The molecule has 1 aliphatic heterocycles. The minimum absolute atomic E-state index is 0.242. The van der Waals surface area contributed by atoms with Gasteiger partial charge >= 0.3 is 0 Å². The number of Topliss-reactive ketones (excluding diaryl/α,β-unsaturated/α-hetero) is 1. The molecule has 1 saturated heterocycles. The summed E-state index contributed by atoms with van der Waals surface area (Å²) in [7, 11) is 4.11. The Labute approximate surface area is 180 Å². The minimum Gasteiger partial charge on any atom is -0.304 e. The number of hydrogen-bond donors (Lipinski definition) is 0. The quantitative estimate of drug-likeness (QED) is 0.407. The molecule has 0 atom stereocenters. The average molecular weight is 431 g/mol. The summed E-state index contributed by atoms with van der Waals surface area (Å²) in [6.45, 7) is 5.66. The van der Waals surface area contributed by atoms with Crippen LogP contribution in [0.3, 0.4) is 0 Å². The largest absolute Gasteiger partial charge is 0.304 e. The highest BCUT2D eigenvalue weighted by molar-refractivity contribution is 7.20. The first-order valence-electron chi connectivity index (χ1n) is 10.2. The van der Waals surface area contributed by atoms with Crippen molar-refractivity contribution < 1.29 is 4.79 Å². The van der Waals surface area contributed by atoms with Crippen molar-refractivity contribution in [2.75, 3.05) is 39.8 Å². The second-order valence-corrected chi connectivity index (χ2v) is 9.30. The monoisotopic (exact) mass is 430 g/mol. The number of aromatic nitrogens is 2. The number of hydrogen-bond acceptors (Lipinski definition) is 5. The summed E-state index contributed by atoms with van der Waals surface area (Å²) < 4.78 is 1.87. The number of aryl methyl sites for hydroxylation is 1. The van der Waals surface area contributed by atoms with E-state index in [1.54, 1.807) is 11.3 Å². The Balaban J connectivity index is 1.38. The molecule has 5 nitrogen and oxygen atoms in total. The van der Waals surface area contributed by atoms with Gasteiger partial charge in [-0.3, -0.25) is 9.48 Å². The van der Waals surface area contributed by atoms with E-state index in [0.29, 0.717) is 11.4 Å². The SMILES string of the molecule is CN1CCN(CCCCC(=O)c2cc3c(-c4ccc(Cl)cc4)nn(C)c3s2)CC1. The van der Waals surface area contributed by atoms with Crippen molar-refractivity contribution in [1.82, 2.24) is 19.6 Å². The lowest BCUT2D eigenvalue weighted by molar-refractivity contribution is 0.0979. The number of thiophene rings is 1. The Morgan fingerprint density at radius 3 is 2.55 bits per heavy atom. The minimum atomic E-state index is 0.242. The van der Waals surface area contributed by atoms with Crippen molar-refractivity contribution in [1.29, 1.82) is 0 Å². The van der Waals surface area contributed by atoms with E-state index in [2.05, 4.69) is 21.9 Å². The number of halogens is 1. The molecule has 0 unspecified atom stereocenters. The molecule has 0 bridgehead atoms. The van der Waals surface area contributed by atoms with Crippen LogP contribution in [-0.2, 0) is 7.05 Å². The van der Waals surface area contributed by atoms with Crippen molar-refractivity contribution in [3.05, 3.63) is 40.2 Å². The second kappa shape index (κ2) is 8.96. The molecule has 3 aromatic rings. The predicted molar refractivity (Wildman–Crippen MR) is 121 cm³/mol. The molecular formula is C22H27ClN4OS. The van der Waals surface area contributed by atoms with Crippen LogP contribution < -0.4 is 0 Å². The smallest absolute Gasteiger partial charge is 0.172 e. The van der Waals surface area contributed by atoms with Crippen molar-refractivity contribution in [3.63, 3.8) is 0 Å². The number of carbonyl (C=O) groups is 1. The fourth-order valence-corrected chi connectivity index (χ4v) is 4.98. The first-order valence-corrected chi connectivity index (χ1v) is 11.4. The van der Waals surface area contributed by atoms with Crippen LogP contribution in [0.5, 0.6) is 0 Å². The van der Waals surface area contributed by atoms with E-state index >= 15 is 0 Å². The predicted octanol–water partition coefficient (Wildman–Crippen LogP) is 4.56. The van der Waals surface area contributed by atoms with Crippen LogP contribution in [0, 0.1) is 0 Å². The Hall–Kier alpha value is -1.73. The number of fused-ring (bicyclic) bond motifs is 1. The lowest BCUT2D eigenvalue weighted by Gasteiger charge is -2.32. The molecule has 0 radical (unpaired) electrons. The molecule has 154 valence electrons. The molecule has 1 fully saturated rings. The molecule has 0 N–H and O–H groups in total. The Morgan fingerprint density at radius 1 is 1.10 bits per heavy atom. The average Bonchev–Trinajstić information content (AvgIpc) is 3.28. The van der Waals surface area contributed by atoms with Gasteiger partial charge in [-0.2, -0.15) is 5.10 Å². The summed E-state index contributed by atoms with van der Waals surface area (Å²) in [4.78, 5) is 19.5. The highest BCUT2D eigenvalue weighted by atomic mass is 35.5. The van der Waals surface area contributed by atoms with Gasteiger partial charge in [-0.15, -0.1) is 11.3 Å². The van der Waals surface area contributed by atoms with E-state index in [1.807, 2.05) is 42.1 Å². The molecule has 1 aromatic carbocycles.